The molecule has 1 aromatic rings. The molecule has 0 aliphatic carbocycles. The molecule has 0 radical (unpaired) electrons. The first kappa shape index (κ1) is 20.8. The Morgan fingerprint density at radius 2 is 2.08 bits per heavy atom. The van der Waals surface area contributed by atoms with Crippen molar-refractivity contribution < 1.29 is 19.1 Å². The van der Waals surface area contributed by atoms with Crippen LogP contribution >= 0.6 is 24.2 Å². The van der Waals surface area contributed by atoms with Gasteiger partial charge in [0.2, 0.25) is 5.91 Å². The fourth-order valence-electron chi connectivity index (χ4n) is 2.27. The molecule has 1 aliphatic rings. The minimum absolute atomic E-state index is 0. The van der Waals surface area contributed by atoms with Crippen molar-refractivity contribution in [3.8, 4) is 0 Å². The highest BCUT2D eigenvalue weighted by Crippen LogP contribution is 2.21. The molecule has 0 aromatic heterocycles. The summed E-state index contributed by atoms with van der Waals surface area (Å²) in [5.41, 5.74) is 7.04. The molecule has 1 fully saturated rings. The second-order valence-electron chi connectivity index (χ2n) is 5.49. The molecule has 134 valence electrons. The number of carbonyl (C=O) groups excluding carboxylic acids is 2. The average Bonchev–Trinajstić information content (AvgIpc) is 2.55. The number of rotatable bonds is 6. The molecule has 0 spiro atoms. The Morgan fingerprint density at radius 3 is 2.75 bits per heavy atom. The van der Waals surface area contributed by atoms with Crippen molar-refractivity contribution in [3.63, 3.8) is 0 Å². The van der Waals surface area contributed by atoms with Gasteiger partial charge < -0.3 is 20.5 Å². The van der Waals surface area contributed by atoms with Crippen LogP contribution in [0.3, 0.4) is 0 Å². The molecule has 2 rings (SSSR count). The Bertz CT molecular complexity index is 565. The molecule has 0 saturated carbocycles. The van der Waals surface area contributed by atoms with Gasteiger partial charge in [0.05, 0.1) is 12.9 Å². The van der Waals surface area contributed by atoms with Gasteiger partial charge in [-0.05, 0) is 30.5 Å². The largest absolute Gasteiger partial charge is 0.468 e. The Labute approximate surface area is 152 Å². The average molecular weight is 375 g/mol. The van der Waals surface area contributed by atoms with E-state index >= 15 is 0 Å². The van der Waals surface area contributed by atoms with Gasteiger partial charge in [-0.3, -0.25) is 9.59 Å². The van der Waals surface area contributed by atoms with Gasteiger partial charge in [0, 0.05) is 24.7 Å². The van der Waals surface area contributed by atoms with E-state index in [0.717, 1.165) is 5.56 Å². The van der Waals surface area contributed by atoms with Crippen LogP contribution in [0.2, 0.25) is 0 Å². The van der Waals surface area contributed by atoms with E-state index in [1.807, 2.05) is 24.3 Å². The molecule has 1 heterocycles. The summed E-state index contributed by atoms with van der Waals surface area (Å²) in [6.45, 7) is 1.02. The van der Waals surface area contributed by atoms with E-state index in [1.54, 1.807) is 0 Å². The highest BCUT2D eigenvalue weighted by molar-refractivity contribution is 7.99. The van der Waals surface area contributed by atoms with Crippen LogP contribution in [0, 0.1) is 0 Å². The van der Waals surface area contributed by atoms with Crippen LogP contribution in [0.1, 0.15) is 18.4 Å². The topological polar surface area (TPSA) is 90.7 Å². The number of hydrogen-bond donors (Lipinski definition) is 2. The number of thioether (sulfide) groups is 1. The summed E-state index contributed by atoms with van der Waals surface area (Å²) in [5.74, 6) is 0.545. The first-order valence-electron chi connectivity index (χ1n) is 7.45. The molecule has 1 aliphatic heterocycles. The Kier molecular flexibility index (Phi) is 8.55. The molecule has 6 nitrogen and oxygen atoms in total. The zero-order valence-electron chi connectivity index (χ0n) is 13.6. The van der Waals surface area contributed by atoms with Gasteiger partial charge in [0.15, 0.2) is 0 Å². The number of benzene rings is 1. The number of hydrogen-bond acceptors (Lipinski definition) is 6. The lowest BCUT2D eigenvalue weighted by Gasteiger charge is -2.31. The monoisotopic (exact) mass is 374 g/mol. The summed E-state index contributed by atoms with van der Waals surface area (Å²) in [5, 5.41) is 2.88. The van der Waals surface area contributed by atoms with Crippen molar-refractivity contribution in [2.24, 2.45) is 5.73 Å². The van der Waals surface area contributed by atoms with E-state index in [2.05, 4.69) is 10.1 Å². The Morgan fingerprint density at radius 1 is 1.38 bits per heavy atom. The van der Waals surface area contributed by atoms with E-state index in [4.69, 9.17) is 10.5 Å². The highest BCUT2D eigenvalue weighted by Gasteiger charge is 2.35. The SMILES string of the molecule is COC(=O)CSCc1cccc(NC(=O)C2(N)CCOCC2)c1.Cl. The molecule has 1 amide bonds. The first-order valence-corrected chi connectivity index (χ1v) is 8.60. The molecule has 1 aromatic carbocycles. The third-order valence-electron chi connectivity index (χ3n) is 3.74. The van der Waals surface area contributed by atoms with Gasteiger partial charge in [0.25, 0.3) is 0 Å². The second kappa shape index (κ2) is 9.88. The summed E-state index contributed by atoms with van der Waals surface area (Å²) in [7, 11) is 1.37. The smallest absolute Gasteiger partial charge is 0.315 e. The van der Waals surface area contributed by atoms with E-state index < -0.39 is 5.54 Å². The standard InChI is InChI=1S/C16H22N2O4S.ClH/c1-21-14(19)11-23-10-12-3-2-4-13(9-12)18-15(20)16(17)5-7-22-8-6-16;/h2-4,9H,5-8,10-11,17H2,1H3,(H,18,20);1H. The van der Waals surface area contributed by atoms with Crippen LogP contribution in [-0.2, 0) is 24.8 Å². The number of ether oxygens (including phenoxy) is 2. The molecule has 0 bridgehead atoms. The maximum Gasteiger partial charge on any atom is 0.315 e. The van der Waals surface area contributed by atoms with Crippen molar-refractivity contribution >= 4 is 41.7 Å². The Hall–Kier alpha value is -1.28. The number of methoxy groups -OCH3 is 1. The van der Waals surface area contributed by atoms with Gasteiger partial charge in [0.1, 0.15) is 5.54 Å². The van der Waals surface area contributed by atoms with Crippen LogP contribution in [0.4, 0.5) is 5.69 Å². The lowest BCUT2D eigenvalue weighted by atomic mass is 9.90. The van der Waals surface area contributed by atoms with Crippen molar-refractivity contribution in [1.29, 1.82) is 0 Å². The van der Waals surface area contributed by atoms with Crippen LogP contribution in [-0.4, -0.2) is 43.5 Å². The molecule has 0 unspecified atom stereocenters. The Balaban J connectivity index is 0.00000288. The number of carbonyl (C=O) groups is 2. The second-order valence-corrected chi connectivity index (χ2v) is 6.48. The molecular formula is C16H23ClN2O4S. The molecular weight excluding hydrogens is 352 g/mol. The van der Waals surface area contributed by atoms with Gasteiger partial charge >= 0.3 is 5.97 Å². The lowest BCUT2D eigenvalue weighted by molar-refractivity contribution is -0.137. The number of amides is 1. The maximum absolute atomic E-state index is 12.4. The lowest BCUT2D eigenvalue weighted by Crippen LogP contribution is -2.54. The quantitative estimate of drug-likeness (QED) is 0.740. The normalized spacial score (nSPS) is 15.9. The van der Waals surface area contributed by atoms with Gasteiger partial charge in [-0.15, -0.1) is 24.2 Å². The predicted octanol–water partition coefficient (Wildman–Crippen LogP) is 1.96. The zero-order chi connectivity index (χ0) is 16.7. The zero-order valence-corrected chi connectivity index (χ0v) is 15.2. The van der Waals surface area contributed by atoms with Crippen LogP contribution in [0.25, 0.3) is 0 Å². The molecule has 3 N–H and O–H groups in total. The fourth-order valence-corrected chi connectivity index (χ4v) is 3.07. The summed E-state index contributed by atoms with van der Waals surface area (Å²) in [6.07, 6.45) is 1.04. The van der Waals surface area contributed by atoms with Gasteiger partial charge in [-0.1, -0.05) is 12.1 Å². The number of anilines is 1. The van der Waals surface area contributed by atoms with Crippen LogP contribution in [0.15, 0.2) is 24.3 Å². The summed E-state index contributed by atoms with van der Waals surface area (Å²) < 4.78 is 9.86. The van der Waals surface area contributed by atoms with E-state index in [0.29, 0.717) is 43.2 Å². The third-order valence-corrected chi connectivity index (χ3v) is 4.72. The summed E-state index contributed by atoms with van der Waals surface area (Å²) in [4.78, 5) is 23.5. The number of esters is 1. The number of nitrogens with two attached hydrogens (primary N) is 1. The van der Waals surface area contributed by atoms with E-state index in [9.17, 15) is 9.59 Å². The third kappa shape index (κ3) is 5.98. The highest BCUT2D eigenvalue weighted by atomic mass is 35.5. The molecule has 8 heteroatoms. The van der Waals surface area contributed by atoms with Gasteiger partial charge in [-0.2, -0.15) is 0 Å². The minimum atomic E-state index is -0.867. The van der Waals surface area contributed by atoms with Crippen molar-refractivity contribution in [2.75, 3.05) is 31.4 Å². The first-order chi connectivity index (χ1) is 11.0. The number of nitrogens with one attached hydrogen (secondary N) is 1. The fraction of sp³-hybridized carbons (Fsp3) is 0.500. The predicted molar refractivity (Wildman–Crippen MR) is 97.5 cm³/mol. The van der Waals surface area contributed by atoms with E-state index in [-0.39, 0.29) is 24.3 Å². The van der Waals surface area contributed by atoms with Crippen molar-refractivity contribution in [2.45, 2.75) is 24.1 Å². The summed E-state index contributed by atoms with van der Waals surface area (Å²) >= 11 is 1.47. The van der Waals surface area contributed by atoms with Crippen LogP contribution < -0.4 is 11.1 Å². The van der Waals surface area contributed by atoms with Crippen molar-refractivity contribution in [1.82, 2.24) is 0 Å². The minimum Gasteiger partial charge on any atom is -0.468 e. The molecule has 1 saturated heterocycles. The maximum atomic E-state index is 12.4. The number of halogens is 1. The molecule has 24 heavy (non-hydrogen) atoms. The van der Waals surface area contributed by atoms with Crippen molar-refractivity contribution in [3.05, 3.63) is 29.8 Å². The van der Waals surface area contributed by atoms with Crippen LogP contribution in [0.5, 0.6) is 0 Å². The summed E-state index contributed by atoms with van der Waals surface area (Å²) in [6, 6.07) is 7.54. The van der Waals surface area contributed by atoms with Gasteiger partial charge in [-0.25, -0.2) is 0 Å². The van der Waals surface area contributed by atoms with E-state index in [1.165, 1.54) is 18.9 Å². The molecule has 0 atom stereocenters.